The lowest BCUT2D eigenvalue weighted by Gasteiger charge is -2.09. The second kappa shape index (κ2) is 5.26. The molecule has 0 unspecified atom stereocenters. The molecule has 0 radical (unpaired) electrons. The quantitative estimate of drug-likeness (QED) is 0.651. The van der Waals surface area contributed by atoms with Crippen molar-refractivity contribution in [2.24, 2.45) is 0 Å². The van der Waals surface area contributed by atoms with Crippen LogP contribution in [0.15, 0.2) is 42.5 Å². The standard InChI is InChI=1S/C13H11NO5/c15-11-6-3-7-12(16)13(11)19-8-9-4-1-2-5-10(9)14(17)18/h1-7,15-16H,8H2. The predicted molar refractivity (Wildman–Crippen MR) is 67.2 cm³/mol. The molecule has 0 aliphatic heterocycles. The molecule has 0 saturated heterocycles. The SMILES string of the molecule is O=[N+]([O-])c1ccccc1COc1c(O)cccc1O. The van der Waals surface area contributed by atoms with E-state index in [1.54, 1.807) is 18.2 Å². The minimum atomic E-state index is -0.511. The zero-order chi connectivity index (χ0) is 13.8. The molecule has 0 bridgehead atoms. The lowest BCUT2D eigenvalue weighted by molar-refractivity contribution is -0.385. The summed E-state index contributed by atoms with van der Waals surface area (Å²) in [6.07, 6.45) is 0. The fourth-order valence-corrected chi connectivity index (χ4v) is 1.62. The molecule has 98 valence electrons. The number of ether oxygens (including phenoxy) is 1. The summed E-state index contributed by atoms with van der Waals surface area (Å²) in [7, 11) is 0. The summed E-state index contributed by atoms with van der Waals surface area (Å²) in [4.78, 5) is 10.3. The first kappa shape index (κ1) is 12.7. The van der Waals surface area contributed by atoms with Gasteiger partial charge >= 0.3 is 0 Å². The lowest BCUT2D eigenvalue weighted by atomic mass is 10.2. The van der Waals surface area contributed by atoms with Crippen molar-refractivity contribution >= 4 is 5.69 Å². The van der Waals surface area contributed by atoms with Crippen LogP contribution in [0, 0.1) is 10.1 Å². The Kier molecular flexibility index (Phi) is 3.51. The Balaban J connectivity index is 2.22. The summed E-state index contributed by atoms with van der Waals surface area (Å²) >= 11 is 0. The van der Waals surface area contributed by atoms with E-state index < -0.39 is 4.92 Å². The third kappa shape index (κ3) is 2.74. The Morgan fingerprint density at radius 2 is 1.68 bits per heavy atom. The Bertz CT molecular complexity index is 591. The van der Waals surface area contributed by atoms with Crippen molar-refractivity contribution < 1.29 is 19.9 Å². The molecule has 2 aromatic carbocycles. The van der Waals surface area contributed by atoms with Crippen LogP contribution < -0.4 is 4.74 Å². The van der Waals surface area contributed by atoms with Crippen molar-refractivity contribution in [1.82, 2.24) is 0 Å². The van der Waals surface area contributed by atoms with E-state index in [2.05, 4.69) is 0 Å². The van der Waals surface area contributed by atoms with Gasteiger partial charge in [0.1, 0.15) is 6.61 Å². The van der Waals surface area contributed by atoms with Gasteiger partial charge in [0.15, 0.2) is 11.5 Å². The van der Waals surface area contributed by atoms with Crippen LogP contribution in [0.2, 0.25) is 0 Å². The summed E-state index contributed by atoms with van der Waals surface area (Å²) in [6, 6.07) is 10.3. The van der Waals surface area contributed by atoms with Crippen LogP contribution in [-0.2, 0) is 6.61 Å². The number of rotatable bonds is 4. The fourth-order valence-electron chi connectivity index (χ4n) is 1.62. The van der Waals surface area contributed by atoms with Gasteiger partial charge in [-0.05, 0) is 18.2 Å². The van der Waals surface area contributed by atoms with E-state index in [9.17, 15) is 20.3 Å². The van der Waals surface area contributed by atoms with Gasteiger partial charge in [0.2, 0.25) is 5.75 Å². The highest BCUT2D eigenvalue weighted by molar-refractivity contribution is 5.49. The summed E-state index contributed by atoms with van der Waals surface area (Å²) in [5, 5.41) is 29.9. The molecule has 0 fully saturated rings. The molecule has 0 aliphatic rings. The summed E-state index contributed by atoms with van der Waals surface area (Å²) in [5.74, 6) is -0.544. The van der Waals surface area contributed by atoms with Gasteiger partial charge < -0.3 is 14.9 Å². The number of hydrogen-bond acceptors (Lipinski definition) is 5. The van der Waals surface area contributed by atoms with E-state index in [-0.39, 0.29) is 29.5 Å². The molecule has 6 heteroatoms. The van der Waals surface area contributed by atoms with Gasteiger partial charge in [0.25, 0.3) is 5.69 Å². The van der Waals surface area contributed by atoms with Crippen molar-refractivity contribution in [3.05, 3.63) is 58.1 Å². The van der Waals surface area contributed by atoms with Crippen LogP contribution in [0.5, 0.6) is 17.2 Å². The number of nitro benzene ring substituents is 1. The molecule has 2 aromatic rings. The highest BCUT2D eigenvalue weighted by atomic mass is 16.6. The molecule has 0 aliphatic carbocycles. The molecule has 0 atom stereocenters. The highest BCUT2D eigenvalue weighted by Crippen LogP contribution is 2.36. The highest BCUT2D eigenvalue weighted by Gasteiger charge is 2.14. The maximum absolute atomic E-state index is 10.8. The number of nitrogens with zero attached hydrogens (tertiary/aromatic N) is 1. The number of aromatic hydroxyl groups is 2. The Hall–Kier alpha value is -2.76. The molecule has 0 amide bonds. The number of nitro groups is 1. The molecule has 0 spiro atoms. The molecular formula is C13H11NO5. The second-order valence-corrected chi connectivity index (χ2v) is 3.80. The first-order valence-corrected chi connectivity index (χ1v) is 5.45. The molecule has 6 nitrogen and oxygen atoms in total. The van der Waals surface area contributed by atoms with Crippen LogP contribution in [0.4, 0.5) is 5.69 Å². The van der Waals surface area contributed by atoms with Crippen LogP contribution in [0.3, 0.4) is 0 Å². The lowest BCUT2D eigenvalue weighted by Crippen LogP contribution is -2.00. The van der Waals surface area contributed by atoms with Gasteiger partial charge in [-0.1, -0.05) is 18.2 Å². The van der Waals surface area contributed by atoms with Crippen molar-refractivity contribution in [3.8, 4) is 17.2 Å². The third-order valence-electron chi connectivity index (χ3n) is 2.53. The first-order chi connectivity index (χ1) is 9.09. The molecule has 0 heterocycles. The molecule has 0 saturated carbocycles. The summed E-state index contributed by atoms with van der Waals surface area (Å²) in [5.41, 5.74) is 0.285. The molecular weight excluding hydrogens is 250 g/mol. The van der Waals surface area contributed by atoms with E-state index >= 15 is 0 Å². The van der Waals surface area contributed by atoms with Gasteiger partial charge in [-0.15, -0.1) is 0 Å². The maximum Gasteiger partial charge on any atom is 0.276 e. The fraction of sp³-hybridized carbons (Fsp3) is 0.0769. The number of para-hydroxylation sites is 2. The Labute approximate surface area is 108 Å². The Morgan fingerprint density at radius 1 is 1.05 bits per heavy atom. The maximum atomic E-state index is 10.8. The summed E-state index contributed by atoms with van der Waals surface area (Å²) < 4.78 is 5.24. The predicted octanol–water partition coefficient (Wildman–Crippen LogP) is 2.59. The summed E-state index contributed by atoms with van der Waals surface area (Å²) in [6.45, 7) is -0.123. The van der Waals surface area contributed by atoms with E-state index in [4.69, 9.17) is 4.74 Å². The molecule has 2 N–H and O–H groups in total. The van der Waals surface area contributed by atoms with Gasteiger partial charge in [0, 0.05) is 6.07 Å². The van der Waals surface area contributed by atoms with Crippen LogP contribution in [-0.4, -0.2) is 15.1 Å². The number of benzene rings is 2. The second-order valence-electron chi connectivity index (χ2n) is 3.80. The van der Waals surface area contributed by atoms with Crippen molar-refractivity contribution in [3.63, 3.8) is 0 Å². The third-order valence-corrected chi connectivity index (χ3v) is 2.53. The van der Waals surface area contributed by atoms with Crippen LogP contribution >= 0.6 is 0 Å². The van der Waals surface area contributed by atoms with E-state index in [1.807, 2.05) is 0 Å². The minimum Gasteiger partial charge on any atom is -0.504 e. The van der Waals surface area contributed by atoms with Gasteiger partial charge in [-0.3, -0.25) is 10.1 Å². The van der Waals surface area contributed by atoms with Gasteiger partial charge in [-0.2, -0.15) is 0 Å². The zero-order valence-corrected chi connectivity index (χ0v) is 9.81. The minimum absolute atomic E-state index is 0.0718. The van der Waals surface area contributed by atoms with E-state index in [0.717, 1.165) is 0 Å². The molecule has 19 heavy (non-hydrogen) atoms. The topological polar surface area (TPSA) is 92.8 Å². The first-order valence-electron chi connectivity index (χ1n) is 5.45. The van der Waals surface area contributed by atoms with Gasteiger partial charge in [-0.25, -0.2) is 0 Å². The number of phenols is 2. The average molecular weight is 261 g/mol. The van der Waals surface area contributed by atoms with Crippen LogP contribution in [0.25, 0.3) is 0 Å². The normalized spacial score (nSPS) is 10.1. The Morgan fingerprint density at radius 3 is 2.32 bits per heavy atom. The van der Waals surface area contributed by atoms with Crippen molar-refractivity contribution in [1.29, 1.82) is 0 Å². The van der Waals surface area contributed by atoms with Gasteiger partial charge in [0.05, 0.1) is 10.5 Å². The largest absolute Gasteiger partial charge is 0.504 e. The van der Waals surface area contributed by atoms with Crippen molar-refractivity contribution in [2.75, 3.05) is 0 Å². The number of hydrogen-bond donors (Lipinski definition) is 2. The molecule has 2 rings (SSSR count). The smallest absolute Gasteiger partial charge is 0.276 e. The number of phenolic OH excluding ortho intramolecular Hbond substituents is 2. The van der Waals surface area contributed by atoms with Crippen molar-refractivity contribution in [2.45, 2.75) is 6.61 Å². The zero-order valence-electron chi connectivity index (χ0n) is 9.81. The van der Waals surface area contributed by atoms with Crippen LogP contribution in [0.1, 0.15) is 5.56 Å². The molecule has 0 aromatic heterocycles. The van der Waals surface area contributed by atoms with E-state index in [0.29, 0.717) is 5.56 Å². The van der Waals surface area contributed by atoms with E-state index in [1.165, 1.54) is 24.3 Å². The monoisotopic (exact) mass is 261 g/mol. The average Bonchev–Trinajstić information content (AvgIpc) is 2.38.